The molecule has 1 aliphatic heterocycles. The Morgan fingerprint density at radius 1 is 1.26 bits per heavy atom. The lowest BCUT2D eigenvalue weighted by Gasteiger charge is -2.45. The number of benzene rings is 2. The molecule has 1 heterocycles. The van der Waals surface area contributed by atoms with E-state index in [0.29, 0.717) is 43.6 Å². The van der Waals surface area contributed by atoms with Crippen LogP contribution in [0.3, 0.4) is 0 Å². The third-order valence-electron chi connectivity index (χ3n) is 9.54. The molecule has 3 N–H and O–H groups in total. The van der Waals surface area contributed by atoms with Crippen molar-refractivity contribution in [2.24, 2.45) is 17.6 Å². The van der Waals surface area contributed by atoms with Gasteiger partial charge in [0.1, 0.15) is 5.75 Å². The normalized spacial score (nSPS) is 24.1. The predicted octanol–water partition coefficient (Wildman–Crippen LogP) is 6.19. The predicted molar refractivity (Wildman–Crippen MR) is 177 cm³/mol. The molecule has 0 bridgehead atoms. The van der Waals surface area contributed by atoms with Crippen molar-refractivity contribution in [3.05, 3.63) is 83.4 Å². The molecule has 1 spiro atoms. The number of nitrogens with two attached hydrogens (primary N) is 1. The molecule has 2 aliphatic carbocycles. The first kappa shape index (κ1) is 33.4. The maximum Gasteiger partial charge on any atom is 0.264 e. The van der Waals surface area contributed by atoms with Crippen LogP contribution in [0, 0.1) is 11.8 Å². The summed E-state index contributed by atoms with van der Waals surface area (Å²) in [6.07, 6.45) is 9.56. The number of anilines is 1. The zero-order valence-corrected chi connectivity index (χ0v) is 27.2. The maximum absolute atomic E-state index is 13.3. The fourth-order valence-electron chi connectivity index (χ4n) is 6.84. The molecule has 5 atom stereocenters. The van der Waals surface area contributed by atoms with Crippen LogP contribution in [-0.2, 0) is 21.9 Å². The highest BCUT2D eigenvalue weighted by atomic mass is 35.5. The fourth-order valence-corrected chi connectivity index (χ4v) is 8.06. The lowest BCUT2D eigenvalue weighted by molar-refractivity contribution is 0.0981. The van der Waals surface area contributed by atoms with E-state index in [9.17, 15) is 13.2 Å². The minimum Gasteiger partial charge on any atom is -0.490 e. The lowest BCUT2D eigenvalue weighted by Crippen LogP contribution is -2.50. The lowest BCUT2D eigenvalue weighted by atomic mass is 9.68. The summed E-state index contributed by atoms with van der Waals surface area (Å²) in [4.78, 5) is 15.6. The molecule has 43 heavy (non-hydrogen) atoms. The second-order valence-corrected chi connectivity index (χ2v) is 14.8. The van der Waals surface area contributed by atoms with Crippen LogP contribution in [0.2, 0.25) is 5.02 Å². The van der Waals surface area contributed by atoms with Crippen LogP contribution in [0.15, 0.2) is 61.7 Å². The number of nitrogens with zero attached hydrogens (tertiary/aromatic N) is 1. The number of fused-ring (bicyclic) bond motifs is 3. The van der Waals surface area contributed by atoms with Crippen molar-refractivity contribution in [1.29, 1.82) is 0 Å². The average Bonchev–Trinajstić information content (AvgIpc) is 3.10. The first-order chi connectivity index (χ1) is 20.1. The molecule has 5 rings (SSSR count). The SMILES string of the molecule is C=CCCC(C)S(=O)(=O)NC(=O)c1ccc2c(c1)N(C[C@@H]1CC[C@H]1C(N)C=C)C[C@@]1(CCCc3cc(Cl)ccc31)CO2.Cl. The van der Waals surface area contributed by atoms with Crippen LogP contribution in [0.25, 0.3) is 0 Å². The Balaban J connectivity index is 0.00000423. The highest BCUT2D eigenvalue weighted by Gasteiger charge is 2.44. The summed E-state index contributed by atoms with van der Waals surface area (Å²) in [5.41, 5.74) is 9.76. The molecular weight excluding hydrogens is 605 g/mol. The summed E-state index contributed by atoms with van der Waals surface area (Å²) in [6.45, 7) is 11.2. The second kappa shape index (κ2) is 13.6. The minimum atomic E-state index is -3.84. The van der Waals surface area contributed by atoms with Crippen LogP contribution in [-0.4, -0.2) is 45.3 Å². The maximum atomic E-state index is 13.3. The number of ether oxygens (including phenoxy) is 1. The average molecular weight is 649 g/mol. The van der Waals surface area contributed by atoms with Gasteiger partial charge in [-0.3, -0.25) is 4.79 Å². The summed E-state index contributed by atoms with van der Waals surface area (Å²) in [7, 11) is -3.84. The van der Waals surface area contributed by atoms with E-state index >= 15 is 0 Å². The van der Waals surface area contributed by atoms with Gasteiger partial charge in [-0.05, 0) is 105 Å². The number of carbonyl (C=O) groups is 1. The number of amides is 1. The summed E-state index contributed by atoms with van der Waals surface area (Å²) >= 11 is 6.38. The summed E-state index contributed by atoms with van der Waals surface area (Å²) in [5, 5.41) is 0.0186. The number of hydrogen-bond donors (Lipinski definition) is 2. The zero-order valence-electron chi connectivity index (χ0n) is 24.8. The molecule has 10 heteroatoms. The Kier molecular flexibility index (Phi) is 10.6. The van der Waals surface area contributed by atoms with E-state index in [1.165, 1.54) is 11.1 Å². The minimum absolute atomic E-state index is 0. The van der Waals surface area contributed by atoms with Crippen molar-refractivity contribution in [3.63, 3.8) is 0 Å². The van der Waals surface area contributed by atoms with Gasteiger partial charge in [-0.25, -0.2) is 13.1 Å². The van der Waals surface area contributed by atoms with Gasteiger partial charge in [0, 0.05) is 35.1 Å². The van der Waals surface area contributed by atoms with Gasteiger partial charge in [0.05, 0.1) is 17.5 Å². The monoisotopic (exact) mass is 647 g/mol. The van der Waals surface area contributed by atoms with Crippen molar-refractivity contribution in [2.45, 2.75) is 68.6 Å². The number of nitrogens with one attached hydrogen (secondary N) is 1. The number of allylic oxidation sites excluding steroid dienone is 1. The number of halogens is 2. The molecule has 2 unspecified atom stereocenters. The number of sulfonamides is 1. The van der Waals surface area contributed by atoms with Crippen molar-refractivity contribution in [1.82, 2.24) is 4.72 Å². The quantitative estimate of drug-likeness (QED) is 0.298. The molecular formula is C33H43Cl2N3O4S. The smallest absolute Gasteiger partial charge is 0.264 e. The Hall–Kier alpha value is -2.52. The number of hydrogen-bond acceptors (Lipinski definition) is 6. The molecule has 1 fully saturated rings. The van der Waals surface area contributed by atoms with Crippen molar-refractivity contribution < 1.29 is 17.9 Å². The summed E-state index contributed by atoms with van der Waals surface area (Å²) in [6, 6.07) is 11.3. The first-order valence-electron chi connectivity index (χ1n) is 14.9. The van der Waals surface area contributed by atoms with Crippen LogP contribution in [0.5, 0.6) is 5.75 Å². The van der Waals surface area contributed by atoms with E-state index in [1.54, 1.807) is 31.2 Å². The Bertz CT molecular complexity index is 1470. The van der Waals surface area contributed by atoms with Crippen LogP contribution in [0.4, 0.5) is 5.69 Å². The molecule has 0 saturated heterocycles. The molecule has 2 aromatic carbocycles. The molecule has 2 aromatic rings. The Labute approximate surface area is 267 Å². The van der Waals surface area contributed by atoms with Gasteiger partial charge < -0.3 is 15.4 Å². The first-order valence-corrected chi connectivity index (χ1v) is 16.8. The van der Waals surface area contributed by atoms with Crippen molar-refractivity contribution in [2.75, 3.05) is 24.6 Å². The zero-order chi connectivity index (χ0) is 30.1. The van der Waals surface area contributed by atoms with Gasteiger partial charge in [-0.2, -0.15) is 0 Å². The van der Waals surface area contributed by atoms with Gasteiger partial charge in [-0.1, -0.05) is 29.8 Å². The third-order valence-corrected chi connectivity index (χ3v) is 11.5. The Morgan fingerprint density at radius 3 is 2.74 bits per heavy atom. The number of aryl methyl sites for hydroxylation is 1. The van der Waals surface area contributed by atoms with Gasteiger partial charge in [0.2, 0.25) is 10.0 Å². The van der Waals surface area contributed by atoms with Gasteiger partial charge >= 0.3 is 0 Å². The molecule has 0 aromatic heterocycles. The summed E-state index contributed by atoms with van der Waals surface area (Å²) in [5.74, 6) is 0.765. The van der Waals surface area contributed by atoms with Gasteiger partial charge in [-0.15, -0.1) is 25.6 Å². The fraction of sp³-hybridized carbons (Fsp3) is 0.485. The highest BCUT2D eigenvalue weighted by Crippen LogP contribution is 2.46. The number of rotatable bonds is 10. The Morgan fingerprint density at radius 2 is 2.05 bits per heavy atom. The van der Waals surface area contributed by atoms with E-state index in [2.05, 4.69) is 34.9 Å². The summed E-state index contributed by atoms with van der Waals surface area (Å²) < 4.78 is 34.5. The standard InChI is InChI=1S/C33H42ClN3O4S.ClH/c1-4-6-8-22(3)42(39,40)36-32(38)24-11-15-31-30(18-24)37(19-25-10-13-27(25)29(35)5-2)20-33(21-41-31)16-7-9-23-17-26(34)12-14-28(23)33;/h4-5,11-12,14-15,17-18,22,25,27,29H,1-2,6-10,13,16,19-21,35H2,3H3,(H,36,38);1H/t22?,25-,27+,29?,33-;/m0./s1. The van der Waals surface area contributed by atoms with Gasteiger partial charge in [0.25, 0.3) is 5.91 Å². The van der Waals surface area contributed by atoms with Crippen LogP contribution in [0.1, 0.15) is 66.9 Å². The second-order valence-electron chi connectivity index (χ2n) is 12.3. The molecule has 234 valence electrons. The van der Waals surface area contributed by atoms with E-state index in [0.717, 1.165) is 49.4 Å². The van der Waals surface area contributed by atoms with Gasteiger partial charge in [0.15, 0.2) is 0 Å². The van der Waals surface area contributed by atoms with Crippen LogP contribution >= 0.6 is 24.0 Å². The van der Waals surface area contributed by atoms with E-state index in [4.69, 9.17) is 22.1 Å². The van der Waals surface area contributed by atoms with Crippen molar-refractivity contribution >= 4 is 45.6 Å². The molecule has 0 radical (unpaired) electrons. The topological polar surface area (TPSA) is 102 Å². The number of carbonyl (C=O) groups excluding carboxylic acids is 1. The van der Waals surface area contributed by atoms with E-state index in [1.807, 2.05) is 12.1 Å². The highest BCUT2D eigenvalue weighted by molar-refractivity contribution is 7.90. The molecule has 1 saturated carbocycles. The third kappa shape index (κ3) is 6.93. The van der Waals surface area contributed by atoms with Crippen LogP contribution < -0.4 is 20.1 Å². The largest absolute Gasteiger partial charge is 0.490 e. The molecule has 7 nitrogen and oxygen atoms in total. The molecule has 1 amide bonds. The van der Waals surface area contributed by atoms with E-state index < -0.39 is 21.2 Å². The van der Waals surface area contributed by atoms with Crippen molar-refractivity contribution in [3.8, 4) is 5.75 Å². The molecule has 3 aliphatic rings. The van der Waals surface area contributed by atoms with E-state index in [-0.39, 0.29) is 29.4 Å².